The Morgan fingerprint density at radius 1 is 1.21 bits per heavy atom. The molecule has 0 aromatic heterocycles. The zero-order valence-electron chi connectivity index (χ0n) is 12.7. The van der Waals surface area contributed by atoms with Crippen molar-refractivity contribution >= 4 is 5.91 Å². The second-order valence-corrected chi connectivity index (χ2v) is 6.28. The van der Waals surface area contributed by atoms with Gasteiger partial charge in [0.2, 0.25) is 5.91 Å². The van der Waals surface area contributed by atoms with Crippen LogP contribution >= 0.6 is 0 Å². The van der Waals surface area contributed by atoms with Crippen LogP contribution in [-0.2, 0) is 4.79 Å². The fourth-order valence-corrected chi connectivity index (χ4v) is 3.58. The summed E-state index contributed by atoms with van der Waals surface area (Å²) < 4.78 is 0. The lowest BCUT2D eigenvalue weighted by molar-refractivity contribution is -0.128. The lowest BCUT2D eigenvalue weighted by Gasteiger charge is -2.37. The highest BCUT2D eigenvalue weighted by molar-refractivity contribution is 5.75. The molecular weight excluding hydrogens is 238 g/mol. The van der Waals surface area contributed by atoms with Crippen LogP contribution in [0.5, 0.6) is 0 Å². The smallest absolute Gasteiger partial charge is 0.222 e. The van der Waals surface area contributed by atoms with Gasteiger partial charge in [0.1, 0.15) is 0 Å². The van der Waals surface area contributed by atoms with Crippen molar-refractivity contribution in [3.8, 4) is 0 Å². The highest BCUT2D eigenvalue weighted by Gasteiger charge is 2.35. The summed E-state index contributed by atoms with van der Waals surface area (Å²) in [5.41, 5.74) is 0. The van der Waals surface area contributed by atoms with E-state index in [1.165, 1.54) is 25.7 Å². The number of nitrogens with one attached hydrogen (secondary N) is 1. The first-order valence-electron chi connectivity index (χ1n) is 7.80. The van der Waals surface area contributed by atoms with Crippen LogP contribution in [0.3, 0.4) is 0 Å². The Labute approximate surface area is 117 Å². The predicted octanol–water partition coefficient (Wildman–Crippen LogP) is 1.46. The average Bonchev–Trinajstić information content (AvgIpc) is 2.73. The minimum Gasteiger partial charge on any atom is -0.349 e. The quantitative estimate of drug-likeness (QED) is 0.791. The molecule has 1 N–H and O–H groups in total. The van der Waals surface area contributed by atoms with Gasteiger partial charge >= 0.3 is 0 Å². The summed E-state index contributed by atoms with van der Waals surface area (Å²) in [6, 6.07) is 2.24. The van der Waals surface area contributed by atoms with E-state index in [4.69, 9.17) is 0 Å². The molecular formula is C15H29N3O. The molecule has 0 aromatic carbocycles. The van der Waals surface area contributed by atoms with E-state index in [-0.39, 0.29) is 5.91 Å². The molecule has 0 spiro atoms. The normalized spacial score (nSPS) is 29.8. The number of nitrogens with zero attached hydrogens (tertiary/aromatic N) is 2. The number of hydrogen-bond donors (Lipinski definition) is 1. The number of carbonyl (C=O) groups excluding carboxylic acids is 1. The summed E-state index contributed by atoms with van der Waals surface area (Å²) in [5, 5.41) is 3.70. The maximum atomic E-state index is 11.6. The topological polar surface area (TPSA) is 35.6 Å². The third kappa shape index (κ3) is 3.93. The fraction of sp³-hybridized carbons (Fsp3) is 0.933. The van der Waals surface area contributed by atoms with Gasteiger partial charge in [-0.25, -0.2) is 0 Å². The highest BCUT2D eigenvalue weighted by Crippen LogP contribution is 2.29. The molecule has 2 fully saturated rings. The molecule has 1 amide bonds. The molecule has 0 radical (unpaired) electrons. The minimum atomic E-state index is 0.251. The van der Waals surface area contributed by atoms with Gasteiger partial charge in [-0.15, -0.1) is 0 Å². The van der Waals surface area contributed by atoms with E-state index in [0.717, 1.165) is 37.6 Å². The molecule has 0 saturated carbocycles. The van der Waals surface area contributed by atoms with E-state index >= 15 is 0 Å². The molecule has 2 unspecified atom stereocenters. The van der Waals surface area contributed by atoms with Crippen molar-refractivity contribution in [3.63, 3.8) is 0 Å². The maximum absolute atomic E-state index is 11.6. The minimum absolute atomic E-state index is 0.251. The summed E-state index contributed by atoms with van der Waals surface area (Å²) in [6.45, 7) is 4.43. The van der Waals surface area contributed by atoms with E-state index in [0.29, 0.717) is 6.42 Å². The van der Waals surface area contributed by atoms with Gasteiger partial charge < -0.3 is 15.1 Å². The molecule has 110 valence electrons. The Kier molecular flexibility index (Phi) is 5.22. The van der Waals surface area contributed by atoms with Crippen LogP contribution < -0.4 is 5.32 Å². The number of piperidine rings is 1. The molecule has 4 heteroatoms. The van der Waals surface area contributed by atoms with Gasteiger partial charge in [0.05, 0.1) is 0 Å². The fourth-order valence-electron chi connectivity index (χ4n) is 3.58. The van der Waals surface area contributed by atoms with Gasteiger partial charge in [-0.3, -0.25) is 4.79 Å². The number of amides is 1. The van der Waals surface area contributed by atoms with Crippen molar-refractivity contribution in [1.82, 2.24) is 15.1 Å². The van der Waals surface area contributed by atoms with E-state index in [2.05, 4.69) is 17.1 Å². The molecule has 2 saturated heterocycles. The summed E-state index contributed by atoms with van der Waals surface area (Å²) in [5.74, 6) is 0.251. The largest absolute Gasteiger partial charge is 0.349 e. The SMILES string of the molecule is CCN(CCCC(=O)N(C)C)C1CC2CCC(C1)N2. The van der Waals surface area contributed by atoms with Crippen molar-refractivity contribution in [3.05, 3.63) is 0 Å². The highest BCUT2D eigenvalue weighted by atomic mass is 16.2. The van der Waals surface area contributed by atoms with Crippen LogP contribution in [0.15, 0.2) is 0 Å². The summed E-state index contributed by atoms with van der Waals surface area (Å²) >= 11 is 0. The van der Waals surface area contributed by atoms with E-state index in [1.807, 2.05) is 14.1 Å². The van der Waals surface area contributed by atoms with Gasteiger partial charge in [0.15, 0.2) is 0 Å². The van der Waals surface area contributed by atoms with Gasteiger partial charge in [-0.05, 0) is 45.2 Å². The summed E-state index contributed by atoms with van der Waals surface area (Å²) in [4.78, 5) is 15.9. The Morgan fingerprint density at radius 2 is 1.84 bits per heavy atom. The third-order valence-electron chi connectivity index (χ3n) is 4.71. The first-order chi connectivity index (χ1) is 9.10. The van der Waals surface area contributed by atoms with E-state index in [1.54, 1.807) is 4.90 Å². The van der Waals surface area contributed by atoms with Crippen LogP contribution in [-0.4, -0.2) is 61.0 Å². The molecule has 2 bridgehead atoms. The van der Waals surface area contributed by atoms with Gasteiger partial charge in [-0.1, -0.05) is 6.92 Å². The van der Waals surface area contributed by atoms with Crippen LogP contribution in [0.2, 0.25) is 0 Å². The van der Waals surface area contributed by atoms with Crippen LogP contribution in [0.1, 0.15) is 45.4 Å². The Bertz CT molecular complexity index is 294. The zero-order chi connectivity index (χ0) is 13.8. The molecule has 0 aliphatic carbocycles. The Balaban J connectivity index is 1.75. The van der Waals surface area contributed by atoms with Crippen molar-refractivity contribution in [2.75, 3.05) is 27.2 Å². The standard InChI is InChI=1S/C15H29N3O/c1-4-18(9-5-6-15(19)17(2)3)14-10-12-7-8-13(11-14)16-12/h12-14,16H,4-11H2,1-3H3. The molecule has 2 aliphatic heterocycles. The van der Waals surface area contributed by atoms with Gasteiger partial charge in [-0.2, -0.15) is 0 Å². The molecule has 2 heterocycles. The summed E-state index contributed by atoms with van der Waals surface area (Å²) in [6.07, 6.45) is 6.99. The molecule has 2 rings (SSSR count). The number of fused-ring (bicyclic) bond motifs is 2. The maximum Gasteiger partial charge on any atom is 0.222 e. The second-order valence-electron chi connectivity index (χ2n) is 6.28. The molecule has 0 aromatic rings. The molecule has 2 aliphatic rings. The van der Waals surface area contributed by atoms with Crippen molar-refractivity contribution in [2.24, 2.45) is 0 Å². The van der Waals surface area contributed by atoms with Crippen molar-refractivity contribution in [2.45, 2.75) is 63.6 Å². The Morgan fingerprint density at radius 3 is 2.37 bits per heavy atom. The first kappa shape index (κ1) is 14.8. The van der Waals surface area contributed by atoms with Crippen molar-refractivity contribution < 1.29 is 4.79 Å². The van der Waals surface area contributed by atoms with E-state index in [9.17, 15) is 4.79 Å². The van der Waals surface area contributed by atoms with Crippen molar-refractivity contribution in [1.29, 1.82) is 0 Å². The van der Waals surface area contributed by atoms with Crippen LogP contribution in [0.4, 0.5) is 0 Å². The summed E-state index contributed by atoms with van der Waals surface area (Å²) in [7, 11) is 3.68. The van der Waals surface area contributed by atoms with Gasteiger partial charge in [0, 0.05) is 38.6 Å². The van der Waals surface area contributed by atoms with Crippen LogP contribution in [0, 0.1) is 0 Å². The lowest BCUT2D eigenvalue weighted by atomic mass is 9.98. The third-order valence-corrected chi connectivity index (χ3v) is 4.71. The van der Waals surface area contributed by atoms with E-state index < -0.39 is 0 Å². The van der Waals surface area contributed by atoms with Gasteiger partial charge in [0.25, 0.3) is 0 Å². The second kappa shape index (κ2) is 6.71. The molecule has 19 heavy (non-hydrogen) atoms. The molecule has 4 nitrogen and oxygen atoms in total. The average molecular weight is 267 g/mol. The number of hydrogen-bond acceptors (Lipinski definition) is 3. The monoisotopic (exact) mass is 267 g/mol. The molecule has 2 atom stereocenters. The number of carbonyl (C=O) groups is 1. The predicted molar refractivity (Wildman–Crippen MR) is 78.1 cm³/mol. The van der Waals surface area contributed by atoms with Crippen LogP contribution in [0.25, 0.3) is 0 Å². The Hall–Kier alpha value is -0.610. The zero-order valence-corrected chi connectivity index (χ0v) is 12.7. The number of rotatable bonds is 6. The lowest BCUT2D eigenvalue weighted by Crippen LogP contribution is -2.48. The first-order valence-corrected chi connectivity index (χ1v) is 7.80.